The number of nitrogens with zero attached hydrogens (tertiary/aromatic N) is 5. The van der Waals surface area contributed by atoms with Crippen LogP contribution in [0.4, 0.5) is 5.82 Å². The normalized spacial score (nSPS) is 10.7. The third kappa shape index (κ3) is 1.98. The van der Waals surface area contributed by atoms with Crippen LogP contribution in [0.3, 0.4) is 0 Å². The first-order valence-corrected chi connectivity index (χ1v) is 6.67. The highest BCUT2D eigenvalue weighted by atomic mass is 16.2. The molecule has 0 saturated heterocycles. The van der Waals surface area contributed by atoms with Gasteiger partial charge in [-0.1, -0.05) is 0 Å². The molecule has 0 aliphatic heterocycles. The van der Waals surface area contributed by atoms with E-state index >= 15 is 0 Å². The van der Waals surface area contributed by atoms with Crippen molar-refractivity contribution >= 4 is 16.9 Å². The predicted molar refractivity (Wildman–Crippen MR) is 84.6 cm³/mol. The molecular weight excluding hydrogens is 296 g/mol. The van der Waals surface area contributed by atoms with Crippen LogP contribution in [-0.2, 0) is 14.1 Å². The predicted octanol–water partition coefficient (Wildman–Crippen LogP) is 0.148. The minimum Gasteiger partial charge on any atom is -0.383 e. The van der Waals surface area contributed by atoms with Crippen molar-refractivity contribution in [2.24, 2.45) is 14.1 Å². The van der Waals surface area contributed by atoms with Crippen LogP contribution in [0.2, 0.25) is 0 Å². The minimum atomic E-state index is -0.529. The molecule has 3 aromatic heterocycles. The lowest BCUT2D eigenvalue weighted by molar-refractivity contribution is 0.708. The van der Waals surface area contributed by atoms with E-state index in [-0.39, 0.29) is 22.4 Å². The molecular formula is C15H12N6O2. The van der Waals surface area contributed by atoms with Gasteiger partial charge in [0.1, 0.15) is 17.5 Å². The largest absolute Gasteiger partial charge is 0.383 e. The van der Waals surface area contributed by atoms with Gasteiger partial charge in [-0.3, -0.25) is 18.9 Å². The first-order chi connectivity index (χ1) is 11.0. The van der Waals surface area contributed by atoms with Crippen molar-refractivity contribution in [1.29, 1.82) is 5.26 Å². The van der Waals surface area contributed by atoms with E-state index in [1.165, 1.54) is 18.7 Å². The van der Waals surface area contributed by atoms with E-state index in [0.29, 0.717) is 11.1 Å². The van der Waals surface area contributed by atoms with Crippen LogP contribution in [0.15, 0.2) is 34.1 Å². The second-order valence-corrected chi connectivity index (χ2v) is 5.00. The molecule has 0 aromatic carbocycles. The standard InChI is InChI=1S/C15H12N6O2/c1-20-13-11(14(22)21(2)15(20)23)10(8-3-5-18-6-4-8)9(7-16)12(17)19-13/h3-6H,1-2H3,(H2,17,19). The smallest absolute Gasteiger partial charge is 0.332 e. The van der Waals surface area contributed by atoms with Gasteiger partial charge in [0.15, 0.2) is 5.65 Å². The summed E-state index contributed by atoms with van der Waals surface area (Å²) in [5.74, 6) is -0.0323. The number of aryl methyl sites for hydroxylation is 1. The van der Waals surface area contributed by atoms with Gasteiger partial charge in [0, 0.05) is 32.1 Å². The molecule has 2 N–H and O–H groups in total. The molecule has 0 bridgehead atoms. The number of fused-ring (bicyclic) bond motifs is 1. The van der Waals surface area contributed by atoms with Crippen LogP contribution in [-0.4, -0.2) is 19.1 Å². The second kappa shape index (κ2) is 5.06. The average molecular weight is 308 g/mol. The Balaban J connectivity index is 2.69. The summed E-state index contributed by atoms with van der Waals surface area (Å²) in [6.45, 7) is 0. The van der Waals surface area contributed by atoms with E-state index in [0.717, 1.165) is 4.57 Å². The van der Waals surface area contributed by atoms with E-state index in [4.69, 9.17) is 5.73 Å². The first kappa shape index (κ1) is 14.5. The number of aromatic nitrogens is 4. The highest BCUT2D eigenvalue weighted by molar-refractivity contribution is 5.97. The molecule has 0 saturated carbocycles. The first-order valence-electron chi connectivity index (χ1n) is 6.67. The summed E-state index contributed by atoms with van der Waals surface area (Å²) in [7, 11) is 2.88. The lowest BCUT2D eigenvalue weighted by Gasteiger charge is -2.13. The molecule has 8 heteroatoms. The maximum absolute atomic E-state index is 12.6. The van der Waals surface area contributed by atoms with E-state index < -0.39 is 11.2 Å². The summed E-state index contributed by atoms with van der Waals surface area (Å²) in [6, 6.07) is 5.32. The Hall–Kier alpha value is -3.47. The zero-order chi connectivity index (χ0) is 16.7. The van der Waals surface area contributed by atoms with Crippen LogP contribution in [0, 0.1) is 11.3 Å². The summed E-state index contributed by atoms with van der Waals surface area (Å²) in [5.41, 5.74) is 6.02. The Morgan fingerprint density at radius 1 is 1.17 bits per heavy atom. The van der Waals surface area contributed by atoms with Gasteiger partial charge in [-0.2, -0.15) is 5.26 Å². The molecule has 0 fully saturated rings. The van der Waals surface area contributed by atoms with Gasteiger partial charge < -0.3 is 5.73 Å². The Kier molecular flexibility index (Phi) is 3.19. The summed E-state index contributed by atoms with van der Waals surface area (Å²) in [4.78, 5) is 32.7. The summed E-state index contributed by atoms with van der Waals surface area (Å²) < 4.78 is 2.21. The maximum atomic E-state index is 12.6. The fourth-order valence-electron chi connectivity index (χ4n) is 2.53. The minimum absolute atomic E-state index is 0.0323. The molecule has 114 valence electrons. The Morgan fingerprint density at radius 2 is 1.83 bits per heavy atom. The Morgan fingerprint density at radius 3 is 2.43 bits per heavy atom. The SMILES string of the molecule is Cn1c(=O)c2c(-c3ccncc3)c(C#N)c(N)nc2n(C)c1=O. The third-order valence-electron chi connectivity index (χ3n) is 3.70. The van der Waals surface area contributed by atoms with Crippen LogP contribution >= 0.6 is 0 Å². The second-order valence-electron chi connectivity index (χ2n) is 5.00. The topological polar surface area (TPSA) is 120 Å². The molecule has 0 spiro atoms. The molecule has 0 amide bonds. The zero-order valence-electron chi connectivity index (χ0n) is 12.4. The Bertz CT molecular complexity index is 1090. The number of nitrogen functional groups attached to an aromatic ring is 1. The fourth-order valence-corrected chi connectivity index (χ4v) is 2.53. The van der Waals surface area contributed by atoms with Gasteiger partial charge in [0.25, 0.3) is 5.56 Å². The van der Waals surface area contributed by atoms with Crippen molar-refractivity contribution < 1.29 is 0 Å². The van der Waals surface area contributed by atoms with Crippen molar-refractivity contribution in [2.45, 2.75) is 0 Å². The molecule has 0 radical (unpaired) electrons. The summed E-state index contributed by atoms with van der Waals surface area (Å²) >= 11 is 0. The Labute approximate surface area is 130 Å². The highest BCUT2D eigenvalue weighted by Crippen LogP contribution is 2.31. The lowest BCUT2D eigenvalue weighted by atomic mass is 9.99. The molecule has 3 aromatic rings. The zero-order valence-corrected chi connectivity index (χ0v) is 12.4. The number of nitrogens with two attached hydrogens (primary N) is 1. The quantitative estimate of drug-likeness (QED) is 0.683. The number of hydrogen-bond acceptors (Lipinski definition) is 6. The van der Waals surface area contributed by atoms with Crippen molar-refractivity contribution in [2.75, 3.05) is 5.73 Å². The fraction of sp³-hybridized carbons (Fsp3) is 0.133. The molecule has 0 unspecified atom stereocenters. The molecule has 3 rings (SSSR count). The van der Waals surface area contributed by atoms with Gasteiger partial charge in [-0.25, -0.2) is 9.78 Å². The molecule has 0 aliphatic rings. The van der Waals surface area contributed by atoms with Crippen molar-refractivity contribution in [3.63, 3.8) is 0 Å². The van der Waals surface area contributed by atoms with Crippen LogP contribution in [0.1, 0.15) is 5.56 Å². The molecule has 8 nitrogen and oxygen atoms in total. The van der Waals surface area contributed by atoms with Gasteiger partial charge in [-0.15, -0.1) is 0 Å². The number of hydrogen-bond donors (Lipinski definition) is 1. The van der Waals surface area contributed by atoms with Crippen molar-refractivity contribution in [1.82, 2.24) is 19.1 Å². The third-order valence-corrected chi connectivity index (χ3v) is 3.70. The molecule has 0 atom stereocenters. The van der Waals surface area contributed by atoms with Crippen LogP contribution in [0.25, 0.3) is 22.2 Å². The van der Waals surface area contributed by atoms with E-state index in [1.54, 1.807) is 24.5 Å². The lowest BCUT2D eigenvalue weighted by Crippen LogP contribution is -2.37. The molecule has 3 heterocycles. The summed E-state index contributed by atoms with van der Waals surface area (Å²) in [6.07, 6.45) is 3.09. The van der Waals surface area contributed by atoms with Gasteiger partial charge in [0.2, 0.25) is 0 Å². The van der Waals surface area contributed by atoms with Crippen LogP contribution in [0.5, 0.6) is 0 Å². The van der Waals surface area contributed by atoms with Gasteiger partial charge >= 0.3 is 5.69 Å². The van der Waals surface area contributed by atoms with E-state index in [9.17, 15) is 14.9 Å². The molecule has 0 aliphatic carbocycles. The van der Waals surface area contributed by atoms with Crippen molar-refractivity contribution in [3.05, 3.63) is 50.9 Å². The van der Waals surface area contributed by atoms with E-state index in [2.05, 4.69) is 9.97 Å². The van der Waals surface area contributed by atoms with Crippen molar-refractivity contribution in [3.8, 4) is 17.2 Å². The van der Waals surface area contributed by atoms with Crippen LogP contribution < -0.4 is 17.0 Å². The summed E-state index contributed by atoms with van der Waals surface area (Å²) in [5, 5.41) is 9.61. The maximum Gasteiger partial charge on any atom is 0.332 e. The van der Waals surface area contributed by atoms with Gasteiger partial charge in [-0.05, 0) is 17.7 Å². The van der Waals surface area contributed by atoms with E-state index in [1.807, 2.05) is 6.07 Å². The highest BCUT2D eigenvalue weighted by Gasteiger charge is 2.21. The number of pyridine rings is 2. The number of anilines is 1. The number of rotatable bonds is 1. The van der Waals surface area contributed by atoms with Gasteiger partial charge in [0.05, 0.1) is 5.39 Å². The molecule has 23 heavy (non-hydrogen) atoms. The monoisotopic (exact) mass is 308 g/mol. The number of nitriles is 1. The average Bonchev–Trinajstić information content (AvgIpc) is 2.57.